The highest BCUT2D eigenvalue weighted by Gasteiger charge is 2.32. The van der Waals surface area contributed by atoms with E-state index in [1.54, 1.807) is 0 Å². The number of rotatable bonds is 3. The molecule has 2 unspecified atom stereocenters. The first-order chi connectivity index (χ1) is 6.81. The SMILES string of the molecule is CCC(C)C1CN(C2CC2)CCCN1. The van der Waals surface area contributed by atoms with Gasteiger partial charge in [0.15, 0.2) is 0 Å². The van der Waals surface area contributed by atoms with Crippen LogP contribution in [0.25, 0.3) is 0 Å². The van der Waals surface area contributed by atoms with Gasteiger partial charge in [0, 0.05) is 18.6 Å². The Morgan fingerprint density at radius 3 is 2.86 bits per heavy atom. The first-order valence-electron chi connectivity index (χ1n) is 6.28. The molecule has 0 aromatic heterocycles. The van der Waals surface area contributed by atoms with E-state index in [2.05, 4.69) is 24.1 Å². The monoisotopic (exact) mass is 196 g/mol. The van der Waals surface area contributed by atoms with Crippen LogP contribution in [0.4, 0.5) is 0 Å². The molecule has 1 aliphatic heterocycles. The Morgan fingerprint density at radius 2 is 2.21 bits per heavy atom. The lowest BCUT2D eigenvalue weighted by molar-refractivity contribution is 0.230. The predicted octanol–water partition coefficient (Wildman–Crippen LogP) is 1.86. The summed E-state index contributed by atoms with van der Waals surface area (Å²) in [6.07, 6.45) is 5.54. The van der Waals surface area contributed by atoms with Gasteiger partial charge in [-0.15, -0.1) is 0 Å². The van der Waals surface area contributed by atoms with Gasteiger partial charge in [0.25, 0.3) is 0 Å². The summed E-state index contributed by atoms with van der Waals surface area (Å²) in [5.74, 6) is 0.828. The second kappa shape index (κ2) is 4.63. The smallest absolute Gasteiger partial charge is 0.0220 e. The minimum Gasteiger partial charge on any atom is -0.312 e. The van der Waals surface area contributed by atoms with E-state index in [9.17, 15) is 0 Å². The highest BCUT2D eigenvalue weighted by Crippen LogP contribution is 2.28. The minimum absolute atomic E-state index is 0.739. The highest BCUT2D eigenvalue weighted by atomic mass is 15.2. The van der Waals surface area contributed by atoms with Crippen LogP contribution in [0.2, 0.25) is 0 Å². The second-order valence-electron chi connectivity index (χ2n) is 5.03. The Kier molecular flexibility index (Phi) is 3.45. The molecule has 0 aromatic rings. The quantitative estimate of drug-likeness (QED) is 0.741. The second-order valence-corrected chi connectivity index (χ2v) is 5.03. The van der Waals surface area contributed by atoms with Gasteiger partial charge in [-0.1, -0.05) is 20.3 Å². The van der Waals surface area contributed by atoms with Gasteiger partial charge in [-0.2, -0.15) is 0 Å². The maximum Gasteiger partial charge on any atom is 0.0220 e. The van der Waals surface area contributed by atoms with Gasteiger partial charge in [-0.3, -0.25) is 4.90 Å². The molecule has 2 heteroatoms. The van der Waals surface area contributed by atoms with Gasteiger partial charge in [0.05, 0.1) is 0 Å². The van der Waals surface area contributed by atoms with Crippen LogP contribution in [0, 0.1) is 5.92 Å². The van der Waals surface area contributed by atoms with Crippen molar-refractivity contribution in [3.63, 3.8) is 0 Å². The minimum atomic E-state index is 0.739. The maximum absolute atomic E-state index is 3.70. The fourth-order valence-corrected chi connectivity index (χ4v) is 2.42. The van der Waals surface area contributed by atoms with Crippen LogP contribution in [-0.4, -0.2) is 36.6 Å². The summed E-state index contributed by atoms with van der Waals surface area (Å²) in [7, 11) is 0. The predicted molar refractivity (Wildman–Crippen MR) is 60.5 cm³/mol. The lowest BCUT2D eigenvalue weighted by Crippen LogP contribution is -2.42. The van der Waals surface area contributed by atoms with Crippen molar-refractivity contribution < 1.29 is 0 Å². The van der Waals surface area contributed by atoms with E-state index < -0.39 is 0 Å². The fraction of sp³-hybridized carbons (Fsp3) is 1.00. The number of nitrogens with zero attached hydrogens (tertiary/aromatic N) is 1. The van der Waals surface area contributed by atoms with E-state index in [4.69, 9.17) is 0 Å². The molecular formula is C12H24N2. The molecule has 1 saturated carbocycles. The first-order valence-corrected chi connectivity index (χ1v) is 6.28. The van der Waals surface area contributed by atoms with Crippen molar-refractivity contribution in [1.82, 2.24) is 10.2 Å². The average Bonchev–Trinajstić information content (AvgIpc) is 3.01. The van der Waals surface area contributed by atoms with Crippen molar-refractivity contribution in [2.24, 2.45) is 5.92 Å². The van der Waals surface area contributed by atoms with Crippen molar-refractivity contribution in [1.29, 1.82) is 0 Å². The van der Waals surface area contributed by atoms with Crippen molar-refractivity contribution in [2.45, 2.75) is 51.6 Å². The molecular weight excluding hydrogens is 172 g/mol. The molecule has 82 valence electrons. The van der Waals surface area contributed by atoms with Gasteiger partial charge in [-0.05, 0) is 38.3 Å². The van der Waals surface area contributed by atoms with Crippen LogP contribution in [-0.2, 0) is 0 Å². The maximum atomic E-state index is 3.70. The molecule has 1 aliphatic carbocycles. The molecule has 0 amide bonds. The molecule has 0 aromatic carbocycles. The van der Waals surface area contributed by atoms with Crippen molar-refractivity contribution >= 4 is 0 Å². The largest absolute Gasteiger partial charge is 0.312 e. The summed E-state index contributed by atoms with van der Waals surface area (Å²) in [4.78, 5) is 2.72. The van der Waals surface area contributed by atoms with Gasteiger partial charge >= 0.3 is 0 Å². The molecule has 2 rings (SSSR count). The third-order valence-electron chi connectivity index (χ3n) is 3.85. The summed E-state index contributed by atoms with van der Waals surface area (Å²) >= 11 is 0. The molecule has 1 heterocycles. The highest BCUT2D eigenvalue weighted by molar-refractivity contribution is 4.89. The van der Waals surface area contributed by atoms with Crippen molar-refractivity contribution in [2.75, 3.05) is 19.6 Å². The average molecular weight is 196 g/mol. The normalized spacial score (nSPS) is 32.6. The zero-order valence-corrected chi connectivity index (χ0v) is 9.63. The molecule has 2 nitrogen and oxygen atoms in total. The van der Waals surface area contributed by atoms with E-state index in [0.29, 0.717) is 0 Å². The zero-order chi connectivity index (χ0) is 9.97. The van der Waals surface area contributed by atoms with Gasteiger partial charge in [-0.25, -0.2) is 0 Å². The molecule has 2 aliphatic rings. The molecule has 2 fully saturated rings. The summed E-state index contributed by atoms with van der Waals surface area (Å²) in [5.41, 5.74) is 0. The van der Waals surface area contributed by atoms with E-state index in [1.165, 1.54) is 45.3 Å². The third kappa shape index (κ3) is 2.48. The van der Waals surface area contributed by atoms with E-state index >= 15 is 0 Å². The van der Waals surface area contributed by atoms with Crippen LogP contribution >= 0.6 is 0 Å². The molecule has 14 heavy (non-hydrogen) atoms. The Bertz CT molecular complexity index is 177. The van der Waals surface area contributed by atoms with Crippen molar-refractivity contribution in [3.05, 3.63) is 0 Å². The van der Waals surface area contributed by atoms with Gasteiger partial charge < -0.3 is 5.32 Å². The third-order valence-corrected chi connectivity index (χ3v) is 3.85. The van der Waals surface area contributed by atoms with Gasteiger partial charge in [0.1, 0.15) is 0 Å². The van der Waals surface area contributed by atoms with E-state index in [-0.39, 0.29) is 0 Å². The number of hydrogen-bond acceptors (Lipinski definition) is 2. The Hall–Kier alpha value is -0.0800. The Labute approximate surface area is 88.1 Å². The van der Waals surface area contributed by atoms with Crippen LogP contribution in [0.15, 0.2) is 0 Å². The Morgan fingerprint density at radius 1 is 1.43 bits per heavy atom. The number of nitrogens with one attached hydrogen (secondary N) is 1. The van der Waals surface area contributed by atoms with Crippen LogP contribution in [0.3, 0.4) is 0 Å². The standard InChI is InChI=1S/C12H24N2/c1-3-10(2)12-9-14(11-5-6-11)8-4-7-13-12/h10-13H,3-9H2,1-2H3. The summed E-state index contributed by atoms with van der Waals surface area (Å²) < 4.78 is 0. The molecule has 2 atom stereocenters. The lowest BCUT2D eigenvalue weighted by atomic mass is 9.99. The molecule has 0 radical (unpaired) electrons. The molecule has 1 saturated heterocycles. The summed E-state index contributed by atoms with van der Waals surface area (Å²) in [6.45, 7) is 8.52. The first kappa shape index (κ1) is 10.4. The molecule has 0 spiro atoms. The molecule has 1 N–H and O–H groups in total. The van der Waals surface area contributed by atoms with E-state index in [0.717, 1.165) is 18.0 Å². The van der Waals surface area contributed by atoms with Crippen LogP contribution in [0.1, 0.15) is 39.5 Å². The Balaban J connectivity index is 1.89. The molecule has 0 bridgehead atoms. The van der Waals surface area contributed by atoms with Gasteiger partial charge in [0.2, 0.25) is 0 Å². The summed E-state index contributed by atoms with van der Waals surface area (Å²) in [5, 5.41) is 3.70. The van der Waals surface area contributed by atoms with Crippen LogP contribution in [0.5, 0.6) is 0 Å². The lowest BCUT2D eigenvalue weighted by Gasteiger charge is -2.27. The fourth-order valence-electron chi connectivity index (χ4n) is 2.42. The zero-order valence-electron chi connectivity index (χ0n) is 9.63. The van der Waals surface area contributed by atoms with E-state index in [1.807, 2.05) is 0 Å². The van der Waals surface area contributed by atoms with Crippen molar-refractivity contribution in [3.8, 4) is 0 Å². The number of hydrogen-bond donors (Lipinski definition) is 1. The topological polar surface area (TPSA) is 15.3 Å². The van der Waals surface area contributed by atoms with Crippen LogP contribution < -0.4 is 5.32 Å². The summed E-state index contributed by atoms with van der Waals surface area (Å²) in [6, 6.07) is 1.68.